The van der Waals surface area contributed by atoms with E-state index in [0.717, 1.165) is 25.7 Å². The van der Waals surface area contributed by atoms with E-state index in [0.29, 0.717) is 28.1 Å². The highest BCUT2D eigenvalue weighted by molar-refractivity contribution is 6.02. The van der Waals surface area contributed by atoms with E-state index in [2.05, 4.69) is 15.6 Å². The molecule has 0 bridgehead atoms. The molecule has 2 amide bonds. The largest absolute Gasteiger partial charge is 0.497 e. The van der Waals surface area contributed by atoms with Gasteiger partial charge in [0.1, 0.15) is 35.4 Å². The third-order valence-corrected chi connectivity index (χ3v) is 7.03. The summed E-state index contributed by atoms with van der Waals surface area (Å²) in [6, 6.07) is 16.8. The minimum atomic E-state index is -1.25. The van der Waals surface area contributed by atoms with Crippen molar-refractivity contribution < 1.29 is 23.5 Å². The summed E-state index contributed by atoms with van der Waals surface area (Å²) in [5.74, 6) is -0.800. The second-order valence-electron chi connectivity index (χ2n) is 9.45. The predicted octanol–water partition coefficient (Wildman–Crippen LogP) is 4.42. The third kappa shape index (κ3) is 5.41. The fourth-order valence-electron chi connectivity index (χ4n) is 5.10. The molecule has 4 aromatic rings. The molecule has 0 spiro atoms. The molecule has 1 saturated carbocycles. The Kier molecular flexibility index (Phi) is 7.72. The van der Waals surface area contributed by atoms with Crippen LogP contribution in [0.2, 0.25) is 0 Å². The number of nitrogens with one attached hydrogen (secondary N) is 1. The van der Waals surface area contributed by atoms with Crippen LogP contribution in [0.3, 0.4) is 0 Å². The molecule has 1 heterocycles. The van der Waals surface area contributed by atoms with Gasteiger partial charge in [-0.15, -0.1) is 5.10 Å². The highest BCUT2D eigenvalue weighted by Gasteiger charge is 2.37. The van der Waals surface area contributed by atoms with Gasteiger partial charge in [-0.05, 0) is 55.3 Å². The van der Waals surface area contributed by atoms with Crippen molar-refractivity contribution in [3.05, 3.63) is 78.1 Å². The normalized spacial score (nSPS) is 14.2. The number of ether oxygens (including phenoxy) is 2. The Bertz CT molecular complexity index is 1480. The molecule has 202 valence electrons. The molecule has 1 aliphatic carbocycles. The standard InChI is InChI=1S/C29H30FN5O4/c1-38-20-15-16-26(39-2)21(17-20)28(29(37)31-19-9-3-4-10-19)35(24-13-7-5-11-22(24)30)27(36)18-34-25-14-8-6-12-23(25)32-33-34/h5-8,11-17,19,28H,3-4,9-10,18H2,1-2H3,(H,31,37). The maximum atomic E-state index is 15.4. The second kappa shape index (κ2) is 11.5. The van der Waals surface area contributed by atoms with Gasteiger partial charge in [0.15, 0.2) is 0 Å². The first-order valence-corrected chi connectivity index (χ1v) is 12.9. The van der Waals surface area contributed by atoms with E-state index in [4.69, 9.17) is 9.47 Å². The van der Waals surface area contributed by atoms with Crippen LogP contribution in [0.4, 0.5) is 10.1 Å². The average molecular weight is 532 g/mol. The van der Waals surface area contributed by atoms with Crippen molar-refractivity contribution in [1.29, 1.82) is 0 Å². The Balaban J connectivity index is 1.64. The second-order valence-corrected chi connectivity index (χ2v) is 9.45. The van der Waals surface area contributed by atoms with Crippen molar-refractivity contribution in [2.45, 2.75) is 44.3 Å². The van der Waals surface area contributed by atoms with Crippen molar-refractivity contribution in [1.82, 2.24) is 20.3 Å². The minimum Gasteiger partial charge on any atom is -0.497 e. The zero-order chi connectivity index (χ0) is 27.4. The van der Waals surface area contributed by atoms with Gasteiger partial charge in [0.05, 0.1) is 25.4 Å². The molecule has 1 aromatic heterocycles. The quantitative estimate of drug-likeness (QED) is 0.343. The van der Waals surface area contributed by atoms with Gasteiger partial charge in [0.25, 0.3) is 0 Å². The van der Waals surface area contributed by atoms with Gasteiger partial charge in [-0.25, -0.2) is 9.07 Å². The smallest absolute Gasteiger partial charge is 0.249 e. The number of methoxy groups -OCH3 is 2. The zero-order valence-electron chi connectivity index (χ0n) is 21.8. The first kappa shape index (κ1) is 26.1. The number of fused-ring (bicyclic) bond motifs is 1. The number of benzene rings is 3. The SMILES string of the molecule is COc1ccc(OC)c(C(C(=O)NC2CCCC2)N(C(=O)Cn2nnc3ccccc32)c2ccccc2F)c1. The lowest BCUT2D eigenvalue weighted by atomic mass is 10.00. The maximum Gasteiger partial charge on any atom is 0.249 e. The number of hydrogen-bond donors (Lipinski definition) is 1. The Labute approximate surface area is 225 Å². The van der Waals surface area contributed by atoms with E-state index < -0.39 is 23.7 Å². The molecule has 1 atom stereocenters. The van der Waals surface area contributed by atoms with Crippen LogP contribution in [-0.4, -0.2) is 47.1 Å². The zero-order valence-corrected chi connectivity index (χ0v) is 21.8. The van der Waals surface area contributed by atoms with Gasteiger partial charge in [-0.3, -0.25) is 14.5 Å². The van der Waals surface area contributed by atoms with Gasteiger partial charge in [0.2, 0.25) is 11.8 Å². The van der Waals surface area contributed by atoms with E-state index in [-0.39, 0.29) is 18.3 Å². The number of anilines is 1. The van der Waals surface area contributed by atoms with Crippen LogP contribution in [0.5, 0.6) is 11.5 Å². The first-order chi connectivity index (χ1) is 19.0. The number of carbonyl (C=O) groups is 2. The Morgan fingerprint density at radius 2 is 1.79 bits per heavy atom. The topological polar surface area (TPSA) is 98.6 Å². The molecule has 0 saturated heterocycles. The molecular formula is C29H30FN5O4. The fraction of sp³-hybridized carbons (Fsp3) is 0.310. The molecule has 1 aliphatic rings. The monoisotopic (exact) mass is 531 g/mol. The van der Waals surface area contributed by atoms with Crippen molar-refractivity contribution >= 4 is 28.5 Å². The molecule has 9 nitrogen and oxygen atoms in total. The predicted molar refractivity (Wildman–Crippen MR) is 144 cm³/mol. The summed E-state index contributed by atoms with van der Waals surface area (Å²) in [6.45, 7) is -0.270. The van der Waals surface area contributed by atoms with E-state index in [1.54, 1.807) is 36.4 Å². The van der Waals surface area contributed by atoms with Crippen LogP contribution < -0.4 is 19.7 Å². The van der Waals surface area contributed by atoms with Crippen molar-refractivity contribution in [2.75, 3.05) is 19.1 Å². The van der Waals surface area contributed by atoms with E-state index in [1.807, 2.05) is 12.1 Å². The minimum absolute atomic E-state index is 0.0339. The van der Waals surface area contributed by atoms with Gasteiger partial charge in [-0.1, -0.05) is 42.3 Å². The third-order valence-electron chi connectivity index (χ3n) is 7.03. The lowest BCUT2D eigenvalue weighted by Gasteiger charge is -2.33. The number of amides is 2. The molecule has 10 heteroatoms. The van der Waals surface area contributed by atoms with E-state index in [1.165, 1.54) is 42.0 Å². The summed E-state index contributed by atoms with van der Waals surface area (Å²) >= 11 is 0. The lowest BCUT2D eigenvalue weighted by Crippen LogP contribution is -2.47. The van der Waals surface area contributed by atoms with Gasteiger partial charge in [-0.2, -0.15) is 0 Å². The highest BCUT2D eigenvalue weighted by atomic mass is 19.1. The number of carbonyl (C=O) groups excluding carboxylic acids is 2. The molecule has 5 rings (SSSR count). The summed E-state index contributed by atoms with van der Waals surface area (Å²) in [5.41, 5.74) is 1.59. The van der Waals surface area contributed by atoms with Crippen molar-refractivity contribution in [2.24, 2.45) is 0 Å². The van der Waals surface area contributed by atoms with Crippen LogP contribution in [0.15, 0.2) is 66.7 Å². The summed E-state index contributed by atoms with van der Waals surface area (Å²) in [7, 11) is 2.99. The fourth-order valence-corrected chi connectivity index (χ4v) is 5.10. The molecule has 3 aromatic carbocycles. The Hall–Kier alpha value is -4.47. The van der Waals surface area contributed by atoms with Crippen LogP contribution in [0, 0.1) is 5.82 Å². The summed E-state index contributed by atoms with van der Waals surface area (Å²) in [6.07, 6.45) is 3.69. The number of halogens is 1. The molecular weight excluding hydrogens is 501 g/mol. The number of rotatable bonds is 9. The summed E-state index contributed by atoms with van der Waals surface area (Å²) < 4.78 is 27.9. The van der Waals surface area contributed by atoms with Crippen LogP contribution in [-0.2, 0) is 16.1 Å². The van der Waals surface area contributed by atoms with Crippen LogP contribution in [0.25, 0.3) is 11.0 Å². The molecule has 1 unspecified atom stereocenters. The lowest BCUT2D eigenvalue weighted by molar-refractivity contribution is -0.127. The number of hydrogen-bond acceptors (Lipinski definition) is 6. The molecule has 1 fully saturated rings. The Morgan fingerprint density at radius 3 is 2.54 bits per heavy atom. The number of para-hydroxylation sites is 2. The molecule has 39 heavy (non-hydrogen) atoms. The Morgan fingerprint density at radius 1 is 1.05 bits per heavy atom. The molecule has 0 radical (unpaired) electrons. The summed E-state index contributed by atoms with van der Waals surface area (Å²) in [4.78, 5) is 29.4. The van der Waals surface area contributed by atoms with Crippen molar-refractivity contribution in [3.8, 4) is 11.5 Å². The maximum absolute atomic E-state index is 15.4. The van der Waals surface area contributed by atoms with Crippen molar-refractivity contribution in [3.63, 3.8) is 0 Å². The summed E-state index contributed by atoms with van der Waals surface area (Å²) in [5, 5.41) is 11.4. The van der Waals surface area contributed by atoms with Gasteiger partial charge in [0, 0.05) is 11.6 Å². The molecule has 1 N–H and O–H groups in total. The van der Waals surface area contributed by atoms with E-state index in [9.17, 15) is 9.59 Å². The average Bonchev–Trinajstić information content (AvgIpc) is 3.62. The number of aromatic nitrogens is 3. The number of nitrogens with zero attached hydrogens (tertiary/aromatic N) is 4. The van der Waals surface area contributed by atoms with Crippen LogP contribution >= 0.6 is 0 Å². The van der Waals surface area contributed by atoms with E-state index >= 15 is 4.39 Å². The molecule has 0 aliphatic heterocycles. The highest BCUT2D eigenvalue weighted by Crippen LogP contribution is 2.37. The van der Waals surface area contributed by atoms with Crippen LogP contribution in [0.1, 0.15) is 37.3 Å². The van der Waals surface area contributed by atoms with Gasteiger partial charge < -0.3 is 14.8 Å². The first-order valence-electron chi connectivity index (χ1n) is 12.9. The van der Waals surface area contributed by atoms with Gasteiger partial charge >= 0.3 is 0 Å².